The van der Waals surface area contributed by atoms with Gasteiger partial charge in [0.1, 0.15) is 0 Å². The highest BCUT2D eigenvalue weighted by Crippen LogP contribution is 2.49. The number of nitrogens with zero attached hydrogens (tertiary/aromatic N) is 2. The van der Waals surface area contributed by atoms with E-state index in [9.17, 15) is 14.7 Å². The van der Waals surface area contributed by atoms with Gasteiger partial charge in [-0.05, 0) is 25.8 Å². The molecule has 124 valence electrons. The van der Waals surface area contributed by atoms with Crippen molar-refractivity contribution >= 4 is 11.8 Å². The maximum atomic E-state index is 12.3. The molecule has 6 nitrogen and oxygen atoms in total. The Hall–Kier alpha value is -1.14. The first kappa shape index (κ1) is 15.7. The van der Waals surface area contributed by atoms with Gasteiger partial charge in [-0.3, -0.25) is 9.59 Å². The van der Waals surface area contributed by atoms with Crippen LogP contribution in [0, 0.1) is 5.41 Å². The minimum absolute atomic E-state index is 0.0402. The van der Waals surface area contributed by atoms with Crippen molar-refractivity contribution in [2.45, 2.75) is 44.6 Å². The van der Waals surface area contributed by atoms with Crippen LogP contribution in [-0.2, 0) is 9.59 Å². The lowest BCUT2D eigenvalue weighted by molar-refractivity contribution is -0.156. The Balaban J connectivity index is 1.71. The van der Waals surface area contributed by atoms with Gasteiger partial charge in [0.25, 0.3) is 0 Å². The Morgan fingerprint density at radius 1 is 1.27 bits per heavy atom. The summed E-state index contributed by atoms with van der Waals surface area (Å²) < 4.78 is 0. The summed E-state index contributed by atoms with van der Waals surface area (Å²) in [5, 5.41) is 14.8. The first-order valence-electron chi connectivity index (χ1n) is 8.42. The van der Waals surface area contributed by atoms with Gasteiger partial charge in [0.05, 0.1) is 18.7 Å². The molecule has 1 atom stereocenters. The highest BCUT2D eigenvalue weighted by molar-refractivity contribution is 5.85. The number of nitrogens with one attached hydrogen (secondary N) is 1. The van der Waals surface area contributed by atoms with Crippen LogP contribution in [0.1, 0.15) is 39.0 Å². The number of amides is 2. The van der Waals surface area contributed by atoms with Crippen molar-refractivity contribution in [2.24, 2.45) is 5.41 Å². The molecule has 2 amide bonds. The summed E-state index contributed by atoms with van der Waals surface area (Å²) >= 11 is 0. The van der Waals surface area contributed by atoms with Crippen LogP contribution in [0.3, 0.4) is 0 Å². The number of hydrogen-bond donors (Lipinski definition) is 2. The Labute approximate surface area is 131 Å². The summed E-state index contributed by atoms with van der Waals surface area (Å²) in [4.78, 5) is 27.1. The van der Waals surface area contributed by atoms with E-state index in [2.05, 4.69) is 5.32 Å². The SMILES string of the molecule is CC(=O)N1CCN(CC2(O)CCNCC23CCCC3)C(=O)C1. The van der Waals surface area contributed by atoms with Crippen molar-refractivity contribution in [1.29, 1.82) is 0 Å². The quantitative estimate of drug-likeness (QED) is 0.751. The van der Waals surface area contributed by atoms with Crippen LogP contribution in [0.5, 0.6) is 0 Å². The van der Waals surface area contributed by atoms with E-state index >= 15 is 0 Å². The molecule has 1 unspecified atom stereocenters. The second-order valence-corrected chi connectivity index (χ2v) is 7.20. The minimum Gasteiger partial charge on any atom is -0.387 e. The van der Waals surface area contributed by atoms with E-state index in [1.54, 1.807) is 9.80 Å². The van der Waals surface area contributed by atoms with Gasteiger partial charge in [-0.25, -0.2) is 0 Å². The van der Waals surface area contributed by atoms with Gasteiger partial charge in [-0.2, -0.15) is 0 Å². The molecule has 0 bridgehead atoms. The van der Waals surface area contributed by atoms with Crippen LogP contribution in [0.4, 0.5) is 0 Å². The summed E-state index contributed by atoms with van der Waals surface area (Å²) in [6.45, 7) is 4.82. The lowest BCUT2D eigenvalue weighted by Crippen LogP contribution is -2.64. The fraction of sp³-hybridized carbons (Fsp3) is 0.875. The number of hydrogen-bond acceptors (Lipinski definition) is 4. The molecule has 0 radical (unpaired) electrons. The van der Waals surface area contributed by atoms with Gasteiger partial charge >= 0.3 is 0 Å². The number of aliphatic hydroxyl groups is 1. The van der Waals surface area contributed by atoms with Gasteiger partial charge in [-0.15, -0.1) is 0 Å². The van der Waals surface area contributed by atoms with Crippen molar-refractivity contribution < 1.29 is 14.7 Å². The molecule has 2 aliphatic heterocycles. The summed E-state index contributed by atoms with van der Waals surface area (Å²) in [5.41, 5.74) is -0.869. The molecule has 22 heavy (non-hydrogen) atoms. The van der Waals surface area contributed by atoms with Gasteiger partial charge in [-0.1, -0.05) is 12.8 Å². The summed E-state index contributed by atoms with van der Waals surface area (Å²) in [7, 11) is 0. The van der Waals surface area contributed by atoms with Crippen LogP contribution in [0.2, 0.25) is 0 Å². The third kappa shape index (κ3) is 2.63. The lowest BCUT2D eigenvalue weighted by Gasteiger charge is -2.51. The largest absolute Gasteiger partial charge is 0.387 e. The maximum absolute atomic E-state index is 12.3. The molecule has 2 heterocycles. The zero-order valence-electron chi connectivity index (χ0n) is 13.4. The minimum atomic E-state index is -0.789. The predicted octanol–water partition coefficient (Wildman–Crippen LogP) is -0.0381. The first-order valence-corrected chi connectivity index (χ1v) is 8.42. The Morgan fingerprint density at radius 3 is 2.64 bits per heavy atom. The Bertz CT molecular complexity index is 462. The highest BCUT2D eigenvalue weighted by Gasteiger charge is 2.54. The van der Waals surface area contributed by atoms with Gasteiger partial charge in [0.2, 0.25) is 11.8 Å². The van der Waals surface area contributed by atoms with Crippen LogP contribution < -0.4 is 5.32 Å². The van der Waals surface area contributed by atoms with E-state index < -0.39 is 5.60 Å². The number of rotatable bonds is 2. The lowest BCUT2D eigenvalue weighted by atomic mass is 9.66. The number of carbonyl (C=O) groups is 2. The molecule has 2 saturated heterocycles. The fourth-order valence-electron chi connectivity index (χ4n) is 4.45. The Kier molecular flexibility index (Phi) is 4.16. The average Bonchev–Trinajstić information content (AvgIpc) is 2.95. The smallest absolute Gasteiger partial charge is 0.242 e. The average molecular weight is 309 g/mol. The molecular formula is C16H27N3O3. The molecule has 1 spiro atoms. The van der Waals surface area contributed by atoms with E-state index in [1.807, 2.05) is 0 Å². The number of β-amino-alcohol motifs (C(OH)–C–C–N with tert-alkyl or cyclic N) is 1. The van der Waals surface area contributed by atoms with Crippen molar-refractivity contribution in [2.75, 3.05) is 39.3 Å². The molecule has 2 N–H and O–H groups in total. The van der Waals surface area contributed by atoms with Crippen molar-refractivity contribution in [1.82, 2.24) is 15.1 Å². The monoisotopic (exact) mass is 309 g/mol. The zero-order chi connectivity index (χ0) is 15.8. The third-order valence-electron chi connectivity index (χ3n) is 5.94. The third-order valence-corrected chi connectivity index (χ3v) is 5.94. The molecular weight excluding hydrogens is 282 g/mol. The van der Waals surface area contributed by atoms with E-state index in [-0.39, 0.29) is 23.8 Å². The predicted molar refractivity (Wildman–Crippen MR) is 82.2 cm³/mol. The number of piperazine rings is 1. The molecule has 0 aromatic rings. The van der Waals surface area contributed by atoms with E-state index in [4.69, 9.17) is 0 Å². The molecule has 0 aromatic carbocycles. The Morgan fingerprint density at radius 2 is 2.00 bits per heavy atom. The molecule has 6 heteroatoms. The molecule has 1 aliphatic carbocycles. The van der Waals surface area contributed by atoms with E-state index in [0.29, 0.717) is 26.1 Å². The molecule has 3 aliphatic rings. The van der Waals surface area contributed by atoms with Crippen LogP contribution >= 0.6 is 0 Å². The molecule has 3 rings (SSSR count). The normalized spacial score (nSPS) is 31.8. The zero-order valence-corrected chi connectivity index (χ0v) is 13.4. The van der Waals surface area contributed by atoms with Crippen molar-refractivity contribution in [3.05, 3.63) is 0 Å². The summed E-state index contributed by atoms with van der Waals surface area (Å²) in [6.07, 6.45) is 5.11. The molecule has 0 aromatic heterocycles. The molecule has 1 saturated carbocycles. The fourth-order valence-corrected chi connectivity index (χ4v) is 4.45. The van der Waals surface area contributed by atoms with Gasteiger partial charge in [0, 0.05) is 32.0 Å². The van der Waals surface area contributed by atoms with Gasteiger partial charge in [0.15, 0.2) is 0 Å². The van der Waals surface area contributed by atoms with Crippen LogP contribution in [0.25, 0.3) is 0 Å². The van der Waals surface area contributed by atoms with Crippen LogP contribution in [-0.4, -0.2) is 71.6 Å². The van der Waals surface area contributed by atoms with E-state index in [1.165, 1.54) is 6.92 Å². The van der Waals surface area contributed by atoms with E-state index in [0.717, 1.165) is 38.8 Å². The second-order valence-electron chi connectivity index (χ2n) is 7.20. The first-order chi connectivity index (χ1) is 10.5. The summed E-state index contributed by atoms with van der Waals surface area (Å²) in [6, 6.07) is 0. The topological polar surface area (TPSA) is 72.9 Å². The standard InChI is InChI=1S/C16H27N3O3/c1-13(20)18-8-9-19(14(21)10-18)12-16(22)6-7-17-11-15(16)4-2-3-5-15/h17,22H,2-12H2,1H3. The van der Waals surface area contributed by atoms with Gasteiger partial charge < -0.3 is 20.2 Å². The number of carbonyl (C=O) groups excluding carboxylic acids is 2. The van der Waals surface area contributed by atoms with Crippen molar-refractivity contribution in [3.63, 3.8) is 0 Å². The maximum Gasteiger partial charge on any atom is 0.242 e. The number of piperidine rings is 1. The summed E-state index contributed by atoms with van der Waals surface area (Å²) in [5.74, 6) is -0.0950. The highest BCUT2D eigenvalue weighted by atomic mass is 16.3. The molecule has 3 fully saturated rings. The van der Waals surface area contributed by atoms with Crippen LogP contribution in [0.15, 0.2) is 0 Å². The van der Waals surface area contributed by atoms with Crippen molar-refractivity contribution in [3.8, 4) is 0 Å². The second kappa shape index (κ2) is 5.81.